The molecule has 13 rings (SSSR count). The lowest BCUT2D eigenvalue weighted by molar-refractivity contribution is 0.640. The average molecular weight is 1150 g/mol. The van der Waals surface area contributed by atoms with E-state index in [9.17, 15) is 0 Å². The van der Waals surface area contributed by atoms with Crippen molar-refractivity contribution in [1.82, 2.24) is 9.13 Å². The summed E-state index contributed by atoms with van der Waals surface area (Å²) in [6.07, 6.45) is 0. The number of aryl methyl sites for hydroxylation is 2. The van der Waals surface area contributed by atoms with E-state index in [1.165, 1.54) is 22.3 Å². The summed E-state index contributed by atoms with van der Waals surface area (Å²) in [5.41, 5.74) is 15.0. The van der Waals surface area contributed by atoms with Gasteiger partial charge in [0, 0.05) is 69.3 Å². The number of para-hydroxylation sites is 2. The second-order valence-corrected chi connectivity index (χ2v) is 25.8. The molecule has 0 spiro atoms. The van der Waals surface area contributed by atoms with Crippen LogP contribution in [-0.2, 0) is 35.8 Å². The van der Waals surface area contributed by atoms with E-state index in [4.69, 9.17) is 0 Å². The van der Waals surface area contributed by atoms with Gasteiger partial charge in [0.05, 0.1) is 44.2 Å². The zero-order valence-corrected chi connectivity index (χ0v) is 52.0. The highest BCUT2D eigenvalue weighted by molar-refractivity contribution is 6.24. The lowest BCUT2D eigenvalue weighted by Crippen LogP contribution is -2.24. The molecule has 11 aromatic carbocycles. The molecule has 0 N–H and O–H groups in total. The number of aromatic nitrogens is 2. The zero-order chi connectivity index (χ0) is 61.3. The molecule has 2 heterocycles. The molecule has 2 aromatic heterocycles. The van der Waals surface area contributed by atoms with Gasteiger partial charge in [-0.25, -0.2) is 0 Å². The Hall–Kier alpha value is -10.0. The van der Waals surface area contributed by atoms with Crippen LogP contribution in [0.4, 0.5) is 34.1 Å². The number of pyridine rings is 2. The van der Waals surface area contributed by atoms with Crippen molar-refractivity contribution in [2.75, 3.05) is 9.80 Å². The summed E-state index contributed by atoms with van der Waals surface area (Å²) in [4.78, 5) is 37.9. The van der Waals surface area contributed by atoms with E-state index >= 15 is 9.59 Å². The van der Waals surface area contributed by atoms with Crippen LogP contribution in [-0.4, -0.2) is 9.13 Å². The zero-order valence-electron chi connectivity index (χ0n) is 52.0. The Kier molecular flexibility index (Phi) is 14.3. The SMILES string of the molecule is Cn1c2ccccc2c(=O)c2c(N(c3ccc(C(C)(C)c4ccccc4)cc3)c3ccc(C(C)(C)c4ccccc4)cc3)c3c(c(N(c4ccc(C(C)(C)c5ccccc5)cc4)c4ccc(C(C)(C)c5ccccc5)cc4)c21)c(=O)c1ccccc1n3C. The van der Waals surface area contributed by atoms with Crippen LogP contribution >= 0.6 is 0 Å². The van der Waals surface area contributed by atoms with Gasteiger partial charge in [0.15, 0.2) is 10.9 Å². The van der Waals surface area contributed by atoms with Crippen LogP contribution in [0.25, 0.3) is 43.6 Å². The van der Waals surface area contributed by atoms with Crippen molar-refractivity contribution in [3.8, 4) is 0 Å². The largest absolute Gasteiger partial charge is 0.342 e. The van der Waals surface area contributed by atoms with Crippen LogP contribution in [0.15, 0.2) is 277 Å². The Labute approximate surface area is 516 Å². The van der Waals surface area contributed by atoms with Crippen LogP contribution in [0, 0.1) is 0 Å². The maximum atomic E-state index is 16.7. The van der Waals surface area contributed by atoms with Crippen molar-refractivity contribution < 1.29 is 0 Å². The van der Waals surface area contributed by atoms with Gasteiger partial charge in [-0.2, -0.15) is 0 Å². The summed E-state index contributed by atoms with van der Waals surface area (Å²) in [5, 5.41) is 2.09. The van der Waals surface area contributed by atoms with E-state index in [0.29, 0.717) is 44.0 Å². The predicted molar refractivity (Wildman–Crippen MR) is 371 cm³/mol. The molecule has 0 amide bonds. The van der Waals surface area contributed by atoms with Crippen molar-refractivity contribution >= 4 is 77.7 Å². The minimum atomic E-state index is -0.331. The summed E-state index contributed by atoms with van der Waals surface area (Å²) in [5.74, 6) is 0. The summed E-state index contributed by atoms with van der Waals surface area (Å²) in [6, 6.07) is 93.5. The predicted octanol–water partition coefficient (Wildman–Crippen LogP) is 19.9. The van der Waals surface area contributed by atoms with Crippen LogP contribution in [0.1, 0.15) is 99.9 Å². The number of benzene rings is 11. The maximum absolute atomic E-state index is 16.7. The third-order valence-corrected chi connectivity index (χ3v) is 19.4. The van der Waals surface area contributed by atoms with Crippen LogP contribution in [0.5, 0.6) is 0 Å². The molecule has 88 heavy (non-hydrogen) atoms. The van der Waals surface area contributed by atoms with E-state index < -0.39 is 0 Å². The highest BCUT2D eigenvalue weighted by Gasteiger charge is 2.35. The molecule has 0 bridgehead atoms. The summed E-state index contributed by atoms with van der Waals surface area (Å²) in [7, 11) is 4.10. The molecule has 6 nitrogen and oxygen atoms in total. The second kappa shape index (κ2) is 22.0. The van der Waals surface area contributed by atoms with Gasteiger partial charge in [0.2, 0.25) is 0 Å². The van der Waals surface area contributed by atoms with Crippen LogP contribution in [0.2, 0.25) is 0 Å². The minimum Gasteiger partial charge on any atom is -0.342 e. The standard InChI is InChI=1S/C82H74N4O2/c1-79(2,55-27-15-11-16-28-55)59-39-47-63(48-40-59)85(64-49-41-60(42-50-64)80(3,4)56-29-17-12-18-30-56)75-71-74(84(10)70-38-26-23-35-67(70)77(71)87)76(72-73(75)83(9)69-37-25-24-36-68(69)78(72)88)86(65-51-43-61(44-52-65)81(5,6)57-31-19-13-20-32-57)66-53-45-62(46-54-66)82(7,8)58-33-21-14-22-34-58/h11-54H,1-10H3. The average Bonchev–Trinajstić information content (AvgIpc) is 1.20. The van der Waals surface area contributed by atoms with Gasteiger partial charge in [-0.1, -0.05) is 250 Å². The van der Waals surface area contributed by atoms with E-state index in [-0.39, 0.29) is 32.5 Å². The molecule has 0 radical (unpaired) electrons. The first-order valence-corrected chi connectivity index (χ1v) is 30.6. The first-order valence-electron chi connectivity index (χ1n) is 30.6. The second-order valence-electron chi connectivity index (χ2n) is 25.8. The van der Waals surface area contributed by atoms with E-state index in [2.05, 4.69) is 307 Å². The highest BCUT2D eigenvalue weighted by atomic mass is 16.1. The lowest BCUT2D eigenvalue weighted by Gasteiger charge is -2.35. The lowest BCUT2D eigenvalue weighted by atomic mass is 9.78. The topological polar surface area (TPSA) is 50.5 Å². The van der Waals surface area contributed by atoms with Gasteiger partial charge in [0.1, 0.15) is 0 Å². The van der Waals surface area contributed by atoms with Gasteiger partial charge in [-0.3, -0.25) is 9.59 Å². The number of rotatable bonds is 14. The van der Waals surface area contributed by atoms with E-state index in [1.807, 2.05) is 48.5 Å². The third kappa shape index (κ3) is 9.50. The molecule has 0 unspecified atom stereocenters. The smallest absolute Gasteiger partial charge is 0.199 e. The van der Waals surface area contributed by atoms with E-state index in [0.717, 1.165) is 56.0 Å². The molecule has 0 saturated carbocycles. The Bertz CT molecular complexity index is 4350. The first kappa shape index (κ1) is 57.1. The molecule has 0 aliphatic rings. The quantitative estimate of drug-likeness (QED) is 0.0804. The molecule has 0 atom stereocenters. The Morgan fingerprint density at radius 1 is 0.261 bits per heavy atom. The summed E-state index contributed by atoms with van der Waals surface area (Å²) in [6.45, 7) is 18.1. The molecule has 0 fully saturated rings. The molecule has 0 saturated heterocycles. The van der Waals surface area contributed by atoms with Crippen molar-refractivity contribution in [2.45, 2.75) is 77.0 Å². The fraction of sp³-hybridized carbons (Fsp3) is 0.171. The molecule has 434 valence electrons. The summed E-state index contributed by atoms with van der Waals surface area (Å²) >= 11 is 0. The normalized spacial score (nSPS) is 12.3. The van der Waals surface area contributed by atoms with Gasteiger partial charge in [-0.05, 0) is 117 Å². The number of hydrogen-bond acceptors (Lipinski definition) is 4. The van der Waals surface area contributed by atoms with Gasteiger partial charge in [-0.15, -0.1) is 0 Å². The molecular weight excluding hydrogens is 1070 g/mol. The fourth-order valence-corrected chi connectivity index (χ4v) is 13.7. The number of nitrogens with zero attached hydrogens (tertiary/aromatic N) is 4. The molecule has 0 aliphatic heterocycles. The monoisotopic (exact) mass is 1150 g/mol. The fourth-order valence-electron chi connectivity index (χ4n) is 13.7. The molecular formula is C82H74N4O2. The van der Waals surface area contributed by atoms with Crippen LogP contribution < -0.4 is 20.7 Å². The number of hydrogen-bond donors (Lipinski definition) is 0. The van der Waals surface area contributed by atoms with Gasteiger partial charge in [0.25, 0.3) is 0 Å². The van der Waals surface area contributed by atoms with Crippen LogP contribution in [0.3, 0.4) is 0 Å². The summed E-state index contributed by atoms with van der Waals surface area (Å²) < 4.78 is 4.31. The minimum absolute atomic E-state index is 0.143. The molecule has 6 heteroatoms. The number of anilines is 6. The maximum Gasteiger partial charge on any atom is 0.199 e. The molecule has 13 aromatic rings. The van der Waals surface area contributed by atoms with Gasteiger partial charge < -0.3 is 18.9 Å². The Morgan fingerprint density at radius 3 is 0.705 bits per heavy atom. The van der Waals surface area contributed by atoms with Crippen molar-refractivity contribution in [2.24, 2.45) is 14.1 Å². The van der Waals surface area contributed by atoms with Crippen molar-refractivity contribution in [3.63, 3.8) is 0 Å². The van der Waals surface area contributed by atoms with Gasteiger partial charge >= 0.3 is 0 Å². The molecule has 0 aliphatic carbocycles. The highest BCUT2D eigenvalue weighted by Crippen LogP contribution is 2.52. The Balaban J connectivity index is 1.17. The van der Waals surface area contributed by atoms with E-state index in [1.54, 1.807) is 0 Å². The van der Waals surface area contributed by atoms with Crippen molar-refractivity contribution in [1.29, 1.82) is 0 Å². The third-order valence-electron chi connectivity index (χ3n) is 19.4. The number of fused-ring (bicyclic) bond motifs is 4. The Morgan fingerprint density at radius 2 is 0.466 bits per heavy atom. The first-order chi connectivity index (χ1) is 42.4. The van der Waals surface area contributed by atoms with Crippen molar-refractivity contribution in [3.05, 3.63) is 332 Å².